The predicted octanol–water partition coefficient (Wildman–Crippen LogP) is -6.68. The van der Waals surface area contributed by atoms with Gasteiger partial charge in [-0.2, -0.15) is 0 Å². The molecular weight excluding hydrogens is 837 g/mol. The first kappa shape index (κ1) is 49.0. The Hall–Kier alpha value is -1.63. The summed E-state index contributed by atoms with van der Waals surface area (Å²) in [5, 5.41) is 112. The molecule has 22 nitrogen and oxygen atoms in total. The van der Waals surface area contributed by atoms with Gasteiger partial charge in [-0.15, -0.1) is 35.3 Å². The summed E-state index contributed by atoms with van der Waals surface area (Å²) in [7, 11) is 1.34. The Morgan fingerprint density at radius 3 is 1.17 bits per heavy atom. The van der Waals surface area contributed by atoms with E-state index in [1.807, 2.05) is 0 Å². The second-order valence-electron chi connectivity index (χ2n) is 14.5. The molecule has 0 unspecified atom stereocenters. The number of hydrogen-bond acceptors (Lipinski definition) is 21. The first-order valence-electron chi connectivity index (χ1n) is 18.4. The Morgan fingerprint density at radius 2 is 0.828 bits per heavy atom. The average molecular weight is 893 g/mol. The van der Waals surface area contributed by atoms with Crippen molar-refractivity contribution >= 4 is 58.9 Å². The van der Waals surface area contributed by atoms with Crippen LogP contribution in [0.1, 0.15) is 27.7 Å². The molecule has 4 aliphatic heterocycles. The fraction of sp³-hybridized carbons (Fsp3) is 0.879. The van der Waals surface area contributed by atoms with Crippen molar-refractivity contribution in [3.8, 4) is 0 Å². The number of nitrogens with one attached hydrogen (secondary N) is 3. The molecule has 0 aliphatic carbocycles. The molecule has 0 saturated carbocycles. The van der Waals surface area contributed by atoms with Crippen LogP contribution in [0.2, 0.25) is 0 Å². The number of aliphatic hydroxyl groups excluding tert-OH is 10. The summed E-state index contributed by atoms with van der Waals surface area (Å²) in [4.78, 5) is 50.3. The fourth-order valence-electron chi connectivity index (χ4n) is 7.40. The minimum Gasteiger partial charge on any atom is -0.394 e. The highest BCUT2D eigenvalue weighted by Crippen LogP contribution is 2.45. The molecule has 0 aromatic carbocycles. The van der Waals surface area contributed by atoms with Gasteiger partial charge in [0.1, 0.15) is 40.7 Å². The van der Waals surface area contributed by atoms with Gasteiger partial charge in [-0.1, -0.05) is 0 Å². The summed E-state index contributed by atoms with van der Waals surface area (Å²) in [6, 6.07) is -5.12. The zero-order chi connectivity index (χ0) is 43.3. The summed E-state index contributed by atoms with van der Waals surface area (Å²) in [5.41, 5.74) is -3.75. The van der Waals surface area contributed by atoms with E-state index in [4.69, 9.17) is 18.9 Å². The van der Waals surface area contributed by atoms with Crippen LogP contribution in [0, 0.1) is 0 Å². The maximum absolute atomic E-state index is 12.5. The third kappa shape index (κ3) is 11.1. The molecular formula is C33H56N4O18S3. The Labute approximate surface area is 346 Å². The van der Waals surface area contributed by atoms with Crippen LogP contribution < -0.4 is 16.0 Å². The lowest BCUT2D eigenvalue weighted by molar-refractivity contribution is -0.229. The van der Waals surface area contributed by atoms with E-state index in [2.05, 4.69) is 16.0 Å². The minimum absolute atomic E-state index is 0.509. The molecule has 0 bridgehead atoms. The number of amides is 4. The molecule has 20 atom stereocenters. The Balaban J connectivity index is 1.62. The summed E-state index contributed by atoms with van der Waals surface area (Å²) in [6.45, 7) is 1.86. The highest BCUT2D eigenvalue weighted by atomic mass is 32.2. The number of carbonyl (C=O) groups is 4. The van der Waals surface area contributed by atoms with E-state index in [0.29, 0.717) is 0 Å². The van der Waals surface area contributed by atoms with Crippen molar-refractivity contribution in [2.24, 2.45) is 0 Å². The van der Waals surface area contributed by atoms with Crippen LogP contribution in [-0.4, -0.2) is 231 Å². The molecule has 58 heavy (non-hydrogen) atoms. The van der Waals surface area contributed by atoms with Crippen LogP contribution >= 0.6 is 35.3 Å². The second kappa shape index (κ2) is 21.4. The molecule has 0 aromatic heterocycles. The van der Waals surface area contributed by atoms with Gasteiger partial charge in [0.25, 0.3) is 0 Å². The van der Waals surface area contributed by atoms with Crippen molar-refractivity contribution in [1.82, 2.24) is 20.9 Å². The number of nitrogens with zero attached hydrogens (tertiary/aromatic N) is 1. The van der Waals surface area contributed by atoms with Gasteiger partial charge in [0.05, 0.1) is 96.9 Å². The van der Waals surface area contributed by atoms with Crippen LogP contribution in [0.5, 0.6) is 0 Å². The van der Waals surface area contributed by atoms with E-state index in [1.54, 1.807) is 0 Å². The standard InChI is InChI=1S/C33H56N4O18S3/c1-10(42)34-18-23(47)22(46)14(6-38)53-31(18)56-27-16(8-40)54-32(19(24(27)48)35-11(2)43)57-28-17(9-41)55-33(20(25(28)49)36-12(3)44)58-29-15(7-39)52-30(51)21(26(29)50)37(5)13(4)45/h14-33,38-41,46-51H,6-9H2,1-5H3,(H,34,42)(H,35,43)(H,36,44)/t14-,15-,16-,17-,18-,19-,20-,21-,22-,23-,24-,25-,26-,27-,28-,29-,30+,31+,32+,33+/m1/s1. The molecule has 0 radical (unpaired) electrons. The highest BCUT2D eigenvalue weighted by molar-refractivity contribution is 8.01. The minimum atomic E-state index is -1.68. The molecule has 25 heteroatoms. The number of aliphatic hydroxyl groups is 10. The second-order valence-corrected chi connectivity index (χ2v) is 18.3. The lowest BCUT2D eigenvalue weighted by Gasteiger charge is -2.51. The maximum Gasteiger partial charge on any atom is 0.219 e. The molecule has 4 fully saturated rings. The zero-order valence-electron chi connectivity index (χ0n) is 32.3. The van der Waals surface area contributed by atoms with E-state index < -0.39 is 168 Å². The van der Waals surface area contributed by atoms with Gasteiger partial charge in [-0.25, -0.2) is 0 Å². The average Bonchev–Trinajstić information content (AvgIpc) is 3.16. The van der Waals surface area contributed by atoms with Gasteiger partial charge >= 0.3 is 0 Å². The Bertz CT molecular complexity index is 1410. The van der Waals surface area contributed by atoms with Crippen LogP contribution in [-0.2, 0) is 38.1 Å². The van der Waals surface area contributed by atoms with Crippen LogP contribution in [0.25, 0.3) is 0 Å². The summed E-state index contributed by atoms with van der Waals surface area (Å²) >= 11 is 2.44. The topological polar surface area (TPSA) is 347 Å². The Kier molecular flexibility index (Phi) is 18.1. The van der Waals surface area contributed by atoms with Gasteiger partial charge in [-0.05, 0) is 0 Å². The smallest absolute Gasteiger partial charge is 0.219 e. The highest BCUT2D eigenvalue weighted by Gasteiger charge is 2.56. The number of ether oxygens (including phenoxy) is 4. The van der Waals surface area contributed by atoms with E-state index in [0.717, 1.165) is 40.2 Å². The SMILES string of the molecule is CC(=O)N[C@@H]1[C@@H](O)[C@H](S[C@@H]2O[C@H](CO)[C@@H](O)[C@H](O)[C@H]2NC(C)=O)[C@@H](CO)O[C@H]1S[C@H]1[C@H](O)[C@@H](NC(C)=O)[C@H](S[C@H]2[C@H](O)[C@@H](N(C)C(C)=O)[C@@H](O)O[C@@H]2CO)O[C@@H]1CO. The van der Waals surface area contributed by atoms with Crippen LogP contribution in [0.15, 0.2) is 0 Å². The van der Waals surface area contributed by atoms with Crippen LogP contribution in [0.3, 0.4) is 0 Å². The van der Waals surface area contributed by atoms with Crippen molar-refractivity contribution < 1.29 is 89.2 Å². The monoisotopic (exact) mass is 892 g/mol. The van der Waals surface area contributed by atoms with E-state index in [9.17, 15) is 70.2 Å². The van der Waals surface area contributed by atoms with Crippen molar-refractivity contribution in [3.63, 3.8) is 0 Å². The molecule has 334 valence electrons. The van der Waals surface area contributed by atoms with Gasteiger partial charge < -0.3 is 90.9 Å². The fourth-order valence-corrected chi connectivity index (χ4v) is 12.1. The largest absolute Gasteiger partial charge is 0.394 e. The van der Waals surface area contributed by atoms with E-state index in [1.165, 1.54) is 34.7 Å². The molecule has 0 aromatic rings. The maximum atomic E-state index is 12.5. The number of thioether (sulfide) groups is 3. The first-order valence-corrected chi connectivity index (χ1v) is 21.3. The number of likely N-dealkylation sites (N-methyl/N-ethyl adjacent to an activating group) is 1. The van der Waals surface area contributed by atoms with Gasteiger partial charge in [0, 0.05) is 34.7 Å². The molecule has 4 rings (SSSR count). The lowest BCUT2D eigenvalue weighted by Crippen LogP contribution is -2.67. The summed E-state index contributed by atoms with van der Waals surface area (Å²) in [6.07, 6.45) is -14.6. The van der Waals surface area contributed by atoms with Gasteiger partial charge in [-0.3, -0.25) is 19.2 Å². The normalized spacial score (nSPS) is 43.2. The van der Waals surface area contributed by atoms with Gasteiger partial charge in [0.2, 0.25) is 23.6 Å². The molecule has 13 N–H and O–H groups in total. The van der Waals surface area contributed by atoms with Crippen molar-refractivity contribution in [2.75, 3.05) is 33.5 Å². The Morgan fingerprint density at radius 1 is 0.500 bits per heavy atom. The summed E-state index contributed by atoms with van der Waals surface area (Å²) < 4.78 is 23.8. The van der Waals surface area contributed by atoms with Gasteiger partial charge in [0.15, 0.2) is 6.29 Å². The molecule has 4 heterocycles. The lowest BCUT2D eigenvalue weighted by atomic mass is 9.98. The van der Waals surface area contributed by atoms with Crippen LogP contribution in [0.4, 0.5) is 0 Å². The quantitative estimate of drug-likeness (QED) is 0.0771. The number of carbonyl (C=O) groups excluding carboxylic acids is 4. The predicted molar refractivity (Wildman–Crippen MR) is 204 cm³/mol. The molecule has 4 saturated heterocycles. The van der Waals surface area contributed by atoms with Crippen molar-refractivity contribution in [2.45, 2.75) is 145 Å². The molecule has 4 amide bonds. The van der Waals surface area contributed by atoms with Crippen molar-refractivity contribution in [1.29, 1.82) is 0 Å². The number of rotatable bonds is 14. The summed E-state index contributed by atoms with van der Waals surface area (Å²) in [5.74, 6) is -2.34. The first-order chi connectivity index (χ1) is 27.3. The van der Waals surface area contributed by atoms with E-state index in [-0.39, 0.29) is 0 Å². The molecule has 0 spiro atoms. The number of hydrogen-bond donors (Lipinski definition) is 13. The zero-order valence-corrected chi connectivity index (χ0v) is 34.7. The third-order valence-corrected chi connectivity index (χ3v) is 15.1. The van der Waals surface area contributed by atoms with E-state index >= 15 is 0 Å². The third-order valence-electron chi connectivity index (χ3n) is 10.4. The molecule has 4 aliphatic rings. The van der Waals surface area contributed by atoms with Crippen molar-refractivity contribution in [3.05, 3.63) is 0 Å².